The molecule has 4 atom stereocenters. The number of primary amides is 2. The summed E-state index contributed by atoms with van der Waals surface area (Å²) in [6.07, 6.45) is 1.12. The largest absolute Gasteiger partial charge is 0.480 e. The summed E-state index contributed by atoms with van der Waals surface area (Å²) >= 11 is 5.37. The first-order chi connectivity index (χ1) is 14.9. The maximum absolute atomic E-state index is 12.5. The molecule has 0 aromatic rings. The van der Waals surface area contributed by atoms with E-state index < -0.39 is 66.1 Å². The molecule has 0 heterocycles. The van der Waals surface area contributed by atoms with Gasteiger partial charge in [-0.25, -0.2) is 4.79 Å². The average Bonchev–Trinajstić information content (AvgIpc) is 2.71. The molecule has 0 aliphatic rings. The van der Waals surface area contributed by atoms with Crippen LogP contribution in [0.1, 0.15) is 25.7 Å². The van der Waals surface area contributed by atoms with Crippen LogP contribution < -0.4 is 33.2 Å². The van der Waals surface area contributed by atoms with E-state index in [2.05, 4.69) is 28.6 Å². The molecule has 0 aliphatic heterocycles. The van der Waals surface area contributed by atoms with Crippen molar-refractivity contribution in [1.82, 2.24) is 16.0 Å². The van der Waals surface area contributed by atoms with E-state index in [1.54, 1.807) is 6.26 Å². The Hall–Kier alpha value is -2.52. The van der Waals surface area contributed by atoms with E-state index in [1.165, 1.54) is 11.8 Å². The Kier molecular flexibility index (Phi) is 14.1. The maximum atomic E-state index is 12.5. The number of rotatable bonds is 16. The van der Waals surface area contributed by atoms with Gasteiger partial charge in [0.15, 0.2) is 0 Å². The minimum atomic E-state index is -1.47. The third kappa shape index (κ3) is 11.8. The molecule has 10 N–H and O–H groups in total. The molecule has 0 saturated carbocycles. The van der Waals surface area contributed by atoms with Gasteiger partial charge in [0.2, 0.25) is 29.5 Å². The van der Waals surface area contributed by atoms with Crippen LogP contribution in [0, 0.1) is 0 Å². The summed E-state index contributed by atoms with van der Waals surface area (Å²) in [7, 11) is 0. The molecule has 0 aliphatic carbocycles. The summed E-state index contributed by atoms with van der Waals surface area (Å²) in [5, 5.41) is 16.1. The second-order valence-corrected chi connectivity index (χ2v) is 8.12. The molecule has 0 bridgehead atoms. The van der Waals surface area contributed by atoms with E-state index in [0.29, 0.717) is 5.75 Å². The first kappa shape index (κ1) is 29.5. The molecular formula is C17H30N6O7S2. The van der Waals surface area contributed by atoms with Crippen LogP contribution in [0.4, 0.5) is 0 Å². The van der Waals surface area contributed by atoms with Gasteiger partial charge in [-0.05, 0) is 24.9 Å². The van der Waals surface area contributed by atoms with Gasteiger partial charge in [-0.3, -0.25) is 24.0 Å². The summed E-state index contributed by atoms with van der Waals surface area (Å²) < 4.78 is 0. The van der Waals surface area contributed by atoms with Crippen molar-refractivity contribution in [2.24, 2.45) is 17.2 Å². The highest BCUT2D eigenvalue weighted by molar-refractivity contribution is 7.98. The Morgan fingerprint density at radius 3 is 1.88 bits per heavy atom. The molecule has 15 heteroatoms. The molecule has 0 aromatic heterocycles. The smallest absolute Gasteiger partial charge is 0.326 e. The minimum Gasteiger partial charge on any atom is -0.480 e. The SMILES string of the molecule is CSCCC(NC(=O)C(CC(N)=O)NC(=O)C(CS)NC(=O)C(N)CCC(N)=O)C(=O)O. The van der Waals surface area contributed by atoms with Crippen LogP contribution in [0.5, 0.6) is 0 Å². The van der Waals surface area contributed by atoms with Gasteiger partial charge < -0.3 is 38.3 Å². The topological polar surface area (TPSA) is 237 Å². The van der Waals surface area contributed by atoms with Gasteiger partial charge in [-0.1, -0.05) is 0 Å². The standard InChI is InChI=1S/C17H30N6O7S2/c1-32-5-4-9(17(29)30)21-15(27)10(6-13(20)25)22-16(28)11(7-31)23-14(26)8(18)2-3-12(19)24/h8-11,31H,2-7,18H2,1H3,(H2,19,24)(H2,20,25)(H,21,27)(H,22,28)(H,23,26)(H,29,30). The fourth-order valence-electron chi connectivity index (χ4n) is 2.35. The monoisotopic (exact) mass is 494 g/mol. The number of thioether (sulfide) groups is 1. The highest BCUT2D eigenvalue weighted by Crippen LogP contribution is 2.04. The second-order valence-electron chi connectivity index (χ2n) is 6.77. The number of nitrogens with one attached hydrogen (secondary N) is 3. The molecule has 0 spiro atoms. The highest BCUT2D eigenvalue weighted by atomic mass is 32.2. The molecule has 4 unspecified atom stereocenters. The first-order valence-electron chi connectivity index (χ1n) is 9.48. The number of amides is 5. The van der Waals surface area contributed by atoms with Crippen molar-refractivity contribution in [3.8, 4) is 0 Å². The molecular weight excluding hydrogens is 464 g/mol. The van der Waals surface area contributed by atoms with Crippen molar-refractivity contribution in [3.05, 3.63) is 0 Å². The lowest BCUT2D eigenvalue weighted by molar-refractivity contribution is -0.142. The normalized spacial score (nSPS) is 14.3. The van der Waals surface area contributed by atoms with Crippen LogP contribution in [0.2, 0.25) is 0 Å². The van der Waals surface area contributed by atoms with E-state index in [-0.39, 0.29) is 25.0 Å². The fourth-order valence-corrected chi connectivity index (χ4v) is 3.08. The number of aliphatic carboxylic acids is 1. The Morgan fingerprint density at radius 1 is 0.875 bits per heavy atom. The van der Waals surface area contributed by atoms with Crippen LogP contribution >= 0.6 is 24.4 Å². The summed E-state index contributed by atoms with van der Waals surface area (Å²) in [5.41, 5.74) is 15.8. The van der Waals surface area contributed by atoms with Gasteiger partial charge in [0.1, 0.15) is 18.1 Å². The predicted octanol–water partition coefficient (Wildman–Crippen LogP) is -3.32. The van der Waals surface area contributed by atoms with Crippen molar-refractivity contribution in [2.45, 2.75) is 49.9 Å². The summed E-state index contributed by atoms with van der Waals surface area (Å²) in [4.78, 5) is 70.7. The molecule has 5 amide bonds. The zero-order valence-corrected chi connectivity index (χ0v) is 19.2. The average molecular weight is 495 g/mol. The molecule has 0 radical (unpaired) electrons. The number of hydrogen-bond acceptors (Lipinski definition) is 9. The van der Waals surface area contributed by atoms with Crippen LogP contribution in [0.3, 0.4) is 0 Å². The van der Waals surface area contributed by atoms with Gasteiger partial charge >= 0.3 is 5.97 Å². The molecule has 182 valence electrons. The lowest BCUT2D eigenvalue weighted by atomic mass is 10.1. The van der Waals surface area contributed by atoms with Crippen molar-refractivity contribution in [2.75, 3.05) is 17.8 Å². The number of thiol groups is 1. The highest BCUT2D eigenvalue weighted by Gasteiger charge is 2.30. The third-order valence-corrected chi connectivity index (χ3v) is 5.13. The number of hydrogen-bond donors (Lipinski definition) is 8. The number of carboxylic acids is 1. The first-order valence-corrected chi connectivity index (χ1v) is 11.5. The fraction of sp³-hybridized carbons (Fsp3) is 0.647. The van der Waals surface area contributed by atoms with E-state index >= 15 is 0 Å². The molecule has 0 saturated heterocycles. The van der Waals surface area contributed by atoms with E-state index in [1.807, 2.05) is 0 Å². The molecule has 32 heavy (non-hydrogen) atoms. The zero-order chi connectivity index (χ0) is 24.8. The Labute approximate surface area is 194 Å². The Bertz CT molecular complexity index is 709. The lowest BCUT2D eigenvalue weighted by Crippen LogP contribution is -2.58. The van der Waals surface area contributed by atoms with Gasteiger partial charge in [-0.2, -0.15) is 24.4 Å². The Balaban J connectivity index is 5.21. The summed E-state index contributed by atoms with van der Waals surface area (Å²) in [6, 6.07) is -5.06. The lowest BCUT2D eigenvalue weighted by Gasteiger charge is -2.24. The van der Waals surface area contributed by atoms with Gasteiger partial charge in [0.05, 0.1) is 12.5 Å². The summed E-state index contributed by atoms with van der Waals surface area (Å²) in [5.74, 6) is -5.11. The second kappa shape index (κ2) is 15.3. The van der Waals surface area contributed by atoms with E-state index in [0.717, 1.165) is 0 Å². The van der Waals surface area contributed by atoms with Gasteiger partial charge in [0.25, 0.3) is 0 Å². The van der Waals surface area contributed by atoms with E-state index in [9.17, 15) is 33.9 Å². The van der Waals surface area contributed by atoms with Crippen LogP contribution in [-0.4, -0.2) is 82.5 Å². The number of carbonyl (C=O) groups excluding carboxylic acids is 5. The Morgan fingerprint density at radius 2 is 1.41 bits per heavy atom. The molecule has 0 aromatic carbocycles. The van der Waals surface area contributed by atoms with Crippen LogP contribution in [-0.2, 0) is 28.8 Å². The predicted molar refractivity (Wildman–Crippen MR) is 120 cm³/mol. The zero-order valence-electron chi connectivity index (χ0n) is 17.5. The third-order valence-electron chi connectivity index (χ3n) is 4.12. The van der Waals surface area contributed by atoms with Crippen molar-refractivity contribution in [3.63, 3.8) is 0 Å². The van der Waals surface area contributed by atoms with Crippen molar-refractivity contribution < 1.29 is 33.9 Å². The van der Waals surface area contributed by atoms with Crippen LogP contribution in [0.25, 0.3) is 0 Å². The minimum absolute atomic E-state index is 0.0403. The number of carbonyl (C=O) groups is 6. The quantitative estimate of drug-likeness (QED) is 0.1000. The summed E-state index contributed by atoms with van der Waals surface area (Å²) in [6.45, 7) is 0. The maximum Gasteiger partial charge on any atom is 0.326 e. The number of nitrogens with two attached hydrogens (primary N) is 3. The van der Waals surface area contributed by atoms with Crippen molar-refractivity contribution >= 4 is 59.9 Å². The van der Waals surface area contributed by atoms with Crippen molar-refractivity contribution in [1.29, 1.82) is 0 Å². The van der Waals surface area contributed by atoms with Gasteiger partial charge in [0, 0.05) is 12.2 Å². The molecule has 0 fully saturated rings. The van der Waals surface area contributed by atoms with E-state index in [4.69, 9.17) is 17.2 Å². The molecule has 13 nitrogen and oxygen atoms in total. The molecule has 0 rings (SSSR count). The van der Waals surface area contributed by atoms with Gasteiger partial charge in [-0.15, -0.1) is 0 Å². The van der Waals surface area contributed by atoms with Crippen LogP contribution in [0.15, 0.2) is 0 Å². The number of carboxylic acid groups (broad SMARTS) is 1.